The molecule has 0 fully saturated rings. The third-order valence-electron chi connectivity index (χ3n) is 2.61. The first-order valence-electron chi connectivity index (χ1n) is 5.50. The molecule has 0 heterocycles. The summed E-state index contributed by atoms with van der Waals surface area (Å²) in [7, 11) is 0. The van der Waals surface area contributed by atoms with E-state index < -0.39 is 11.6 Å². The fraction of sp³-hybridized carbons (Fsp3) is 0.143. The minimum Gasteiger partial charge on any atom is -0.381 e. The van der Waals surface area contributed by atoms with Crippen molar-refractivity contribution in [3.63, 3.8) is 0 Å². The van der Waals surface area contributed by atoms with Crippen LogP contribution in [-0.4, -0.2) is 0 Å². The molecule has 0 saturated carbocycles. The molecule has 0 radical (unpaired) electrons. The molecule has 0 aliphatic carbocycles. The average Bonchev–Trinajstić information content (AvgIpc) is 2.32. The molecule has 0 aromatic heterocycles. The predicted octanol–water partition coefficient (Wildman–Crippen LogP) is 4.65. The second kappa shape index (κ2) is 5.48. The van der Waals surface area contributed by atoms with Crippen molar-refractivity contribution >= 4 is 21.6 Å². The van der Waals surface area contributed by atoms with Crippen molar-refractivity contribution in [1.82, 2.24) is 0 Å². The Kier molecular flexibility index (Phi) is 3.97. The van der Waals surface area contributed by atoms with Gasteiger partial charge in [0.05, 0.1) is 0 Å². The van der Waals surface area contributed by atoms with Crippen molar-refractivity contribution < 1.29 is 8.78 Å². The second-order valence-electron chi connectivity index (χ2n) is 4.08. The smallest absolute Gasteiger partial charge is 0.160 e. The standard InChI is InChI=1S/C14H12BrF2N/c1-9-2-3-10(12(15)6-9)8-18-11-4-5-13(16)14(17)7-11/h2-7,18H,8H2,1H3. The highest BCUT2D eigenvalue weighted by Crippen LogP contribution is 2.20. The van der Waals surface area contributed by atoms with E-state index in [4.69, 9.17) is 0 Å². The predicted molar refractivity (Wildman–Crippen MR) is 72.6 cm³/mol. The largest absolute Gasteiger partial charge is 0.381 e. The maximum absolute atomic E-state index is 13.0. The molecule has 2 aromatic rings. The second-order valence-corrected chi connectivity index (χ2v) is 4.93. The molecule has 1 N–H and O–H groups in total. The van der Waals surface area contributed by atoms with Crippen LogP contribution in [0.5, 0.6) is 0 Å². The number of nitrogens with one attached hydrogen (secondary N) is 1. The molecule has 0 unspecified atom stereocenters. The monoisotopic (exact) mass is 311 g/mol. The molecular weight excluding hydrogens is 300 g/mol. The average molecular weight is 312 g/mol. The highest BCUT2D eigenvalue weighted by molar-refractivity contribution is 9.10. The molecule has 2 aromatic carbocycles. The highest BCUT2D eigenvalue weighted by atomic mass is 79.9. The van der Waals surface area contributed by atoms with Crippen molar-refractivity contribution in [2.24, 2.45) is 0 Å². The van der Waals surface area contributed by atoms with Gasteiger partial charge in [-0.2, -0.15) is 0 Å². The van der Waals surface area contributed by atoms with Gasteiger partial charge in [-0.1, -0.05) is 28.1 Å². The van der Waals surface area contributed by atoms with Crippen LogP contribution in [0.2, 0.25) is 0 Å². The third kappa shape index (κ3) is 3.07. The Morgan fingerprint density at radius 1 is 1.06 bits per heavy atom. The summed E-state index contributed by atoms with van der Waals surface area (Å²) in [6, 6.07) is 9.79. The molecule has 0 saturated heterocycles. The Morgan fingerprint density at radius 3 is 2.50 bits per heavy atom. The van der Waals surface area contributed by atoms with E-state index in [9.17, 15) is 8.78 Å². The lowest BCUT2D eigenvalue weighted by atomic mass is 10.1. The van der Waals surface area contributed by atoms with Gasteiger partial charge in [0.1, 0.15) is 0 Å². The topological polar surface area (TPSA) is 12.0 Å². The first kappa shape index (κ1) is 13.0. The lowest BCUT2D eigenvalue weighted by molar-refractivity contribution is 0.509. The fourth-order valence-corrected chi connectivity index (χ4v) is 2.23. The molecule has 94 valence electrons. The molecule has 0 aliphatic heterocycles. The number of halogens is 3. The SMILES string of the molecule is Cc1ccc(CNc2ccc(F)c(F)c2)c(Br)c1. The van der Waals surface area contributed by atoms with Crippen LogP contribution in [-0.2, 0) is 6.54 Å². The number of hydrogen-bond acceptors (Lipinski definition) is 1. The Balaban J connectivity index is 2.09. The Labute approximate surface area is 113 Å². The van der Waals surface area contributed by atoms with Crippen LogP contribution in [0.15, 0.2) is 40.9 Å². The summed E-state index contributed by atoms with van der Waals surface area (Å²) >= 11 is 3.47. The molecule has 0 aliphatic rings. The van der Waals surface area contributed by atoms with Gasteiger partial charge in [0.25, 0.3) is 0 Å². The summed E-state index contributed by atoms with van der Waals surface area (Å²) in [4.78, 5) is 0. The molecule has 0 atom stereocenters. The number of anilines is 1. The van der Waals surface area contributed by atoms with Gasteiger partial charge in [-0.05, 0) is 36.2 Å². The van der Waals surface area contributed by atoms with E-state index in [1.54, 1.807) is 0 Å². The van der Waals surface area contributed by atoms with Crippen LogP contribution >= 0.6 is 15.9 Å². The van der Waals surface area contributed by atoms with Gasteiger partial charge < -0.3 is 5.32 Å². The molecule has 4 heteroatoms. The van der Waals surface area contributed by atoms with Crippen molar-refractivity contribution in [3.05, 3.63) is 63.6 Å². The van der Waals surface area contributed by atoms with Crippen LogP contribution in [0.25, 0.3) is 0 Å². The summed E-state index contributed by atoms with van der Waals surface area (Å²) < 4.78 is 26.8. The van der Waals surface area contributed by atoms with Gasteiger partial charge in [0, 0.05) is 22.8 Å². The van der Waals surface area contributed by atoms with Gasteiger partial charge in [0.15, 0.2) is 11.6 Å². The molecule has 0 amide bonds. The fourth-order valence-electron chi connectivity index (χ4n) is 1.60. The number of benzene rings is 2. The van der Waals surface area contributed by atoms with Gasteiger partial charge in [-0.25, -0.2) is 8.78 Å². The number of aryl methyl sites for hydroxylation is 1. The van der Waals surface area contributed by atoms with Gasteiger partial charge in [-0.3, -0.25) is 0 Å². The van der Waals surface area contributed by atoms with Crippen molar-refractivity contribution in [2.75, 3.05) is 5.32 Å². The summed E-state index contributed by atoms with van der Waals surface area (Å²) in [5.41, 5.74) is 2.78. The first-order chi connectivity index (χ1) is 8.56. The molecular formula is C14H12BrF2N. The zero-order chi connectivity index (χ0) is 13.1. The minimum atomic E-state index is -0.844. The zero-order valence-corrected chi connectivity index (χ0v) is 11.4. The van der Waals surface area contributed by atoms with E-state index in [1.165, 1.54) is 11.6 Å². The first-order valence-corrected chi connectivity index (χ1v) is 6.29. The molecule has 0 bridgehead atoms. The number of rotatable bonds is 3. The normalized spacial score (nSPS) is 10.4. The summed E-state index contributed by atoms with van der Waals surface area (Å²) in [6.45, 7) is 2.56. The minimum absolute atomic E-state index is 0.548. The summed E-state index contributed by atoms with van der Waals surface area (Å²) in [6.07, 6.45) is 0. The van der Waals surface area contributed by atoms with Crippen molar-refractivity contribution in [3.8, 4) is 0 Å². The quantitative estimate of drug-likeness (QED) is 0.870. The molecule has 18 heavy (non-hydrogen) atoms. The van der Waals surface area contributed by atoms with Crippen LogP contribution in [0, 0.1) is 18.6 Å². The molecule has 0 spiro atoms. The van der Waals surface area contributed by atoms with E-state index in [0.717, 1.165) is 22.2 Å². The van der Waals surface area contributed by atoms with Crippen LogP contribution in [0.3, 0.4) is 0 Å². The summed E-state index contributed by atoms with van der Waals surface area (Å²) in [5, 5.41) is 3.05. The third-order valence-corrected chi connectivity index (χ3v) is 3.35. The van der Waals surface area contributed by atoms with Gasteiger partial charge in [-0.15, -0.1) is 0 Å². The Hall–Kier alpha value is -1.42. The maximum Gasteiger partial charge on any atom is 0.160 e. The zero-order valence-electron chi connectivity index (χ0n) is 9.81. The van der Waals surface area contributed by atoms with E-state index in [0.29, 0.717) is 12.2 Å². The number of hydrogen-bond donors (Lipinski definition) is 1. The van der Waals surface area contributed by atoms with E-state index in [1.807, 2.05) is 25.1 Å². The van der Waals surface area contributed by atoms with Gasteiger partial charge >= 0.3 is 0 Å². The Morgan fingerprint density at radius 2 is 1.83 bits per heavy atom. The van der Waals surface area contributed by atoms with Crippen LogP contribution < -0.4 is 5.32 Å². The van der Waals surface area contributed by atoms with E-state index >= 15 is 0 Å². The van der Waals surface area contributed by atoms with E-state index in [-0.39, 0.29) is 0 Å². The molecule has 1 nitrogen and oxygen atoms in total. The van der Waals surface area contributed by atoms with Crippen LogP contribution in [0.1, 0.15) is 11.1 Å². The maximum atomic E-state index is 13.0. The lowest BCUT2D eigenvalue weighted by Crippen LogP contribution is -2.01. The van der Waals surface area contributed by atoms with Crippen molar-refractivity contribution in [1.29, 1.82) is 0 Å². The molecule has 2 rings (SSSR count). The van der Waals surface area contributed by atoms with Crippen LogP contribution in [0.4, 0.5) is 14.5 Å². The highest BCUT2D eigenvalue weighted by Gasteiger charge is 2.03. The van der Waals surface area contributed by atoms with Gasteiger partial charge in [0.2, 0.25) is 0 Å². The lowest BCUT2D eigenvalue weighted by Gasteiger charge is -2.09. The summed E-state index contributed by atoms with van der Waals surface area (Å²) in [5.74, 6) is -1.68. The Bertz CT molecular complexity index is 570. The van der Waals surface area contributed by atoms with Crippen molar-refractivity contribution in [2.45, 2.75) is 13.5 Å². The van der Waals surface area contributed by atoms with E-state index in [2.05, 4.69) is 21.2 Å².